The molecule has 172 valence electrons. The number of furan rings is 1. The molecule has 1 amide bonds. The summed E-state index contributed by atoms with van der Waals surface area (Å²) in [7, 11) is 1.61. The number of ketones is 1. The summed E-state index contributed by atoms with van der Waals surface area (Å²) in [6.07, 6.45) is 4.21. The first-order valence-corrected chi connectivity index (χ1v) is 11.2. The minimum atomic E-state index is -0.504. The maximum Gasteiger partial charge on any atom is 0.255 e. The first-order chi connectivity index (χ1) is 16.5. The van der Waals surface area contributed by atoms with Gasteiger partial charge in [0.05, 0.1) is 13.4 Å². The highest BCUT2D eigenvalue weighted by Gasteiger charge is 2.41. The monoisotopic (exact) mass is 455 g/mol. The summed E-state index contributed by atoms with van der Waals surface area (Å²) in [6, 6.07) is 16.6. The Morgan fingerprint density at radius 2 is 1.94 bits per heavy atom. The zero-order chi connectivity index (χ0) is 23.7. The summed E-state index contributed by atoms with van der Waals surface area (Å²) >= 11 is 0. The molecule has 0 fully saturated rings. The number of methoxy groups -OCH3 is 1. The molecule has 0 bridgehead atoms. The summed E-state index contributed by atoms with van der Waals surface area (Å²) in [4.78, 5) is 31.3. The fraction of sp³-hybridized carbons (Fsp3) is 0.222. The summed E-state index contributed by atoms with van der Waals surface area (Å²) in [5, 5.41) is 6.25. The number of anilines is 1. The van der Waals surface area contributed by atoms with Crippen LogP contribution in [-0.4, -0.2) is 23.8 Å². The van der Waals surface area contributed by atoms with Crippen molar-refractivity contribution < 1.29 is 18.7 Å². The van der Waals surface area contributed by atoms with Gasteiger partial charge in [0.15, 0.2) is 5.78 Å². The number of aromatic nitrogens is 1. The van der Waals surface area contributed by atoms with E-state index in [1.807, 2.05) is 49.4 Å². The number of rotatable bonds is 5. The Labute approximate surface area is 197 Å². The fourth-order valence-corrected chi connectivity index (χ4v) is 4.81. The summed E-state index contributed by atoms with van der Waals surface area (Å²) < 4.78 is 10.9. The standard InChI is InChI=1S/C27H25N3O4/c1-16-24(27(32)30-23-7-3-4-12-28-23)25(17-8-10-19(33-2)11-9-17)26-20(29-16)14-18(15-21(26)31)22-6-5-13-34-22/h3-13,18,25,29H,14-15H2,1-2H3,(H,28,30,32). The Morgan fingerprint density at radius 3 is 2.62 bits per heavy atom. The first-order valence-electron chi connectivity index (χ1n) is 11.2. The van der Waals surface area contributed by atoms with Crippen molar-refractivity contribution in [2.45, 2.75) is 31.6 Å². The number of hydrogen-bond acceptors (Lipinski definition) is 6. The van der Waals surface area contributed by atoms with Crippen LogP contribution in [0, 0.1) is 0 Å². The first kappa shape index (κ1) is 21.7. The normalized spacial score (nSPS) is 20.0. The molecular weight excluding hydrogens is 430 g/mol. The van der Waals surface area contributed by atoms with E-state index in [4.69, 9.17) is 9.15 Å². The number of carbonyl (C=O) groups excluding carboxylic acids is 2. The van der Waals surface area contributed by atoms with Gasteiger partial charge in [0.1, 0.15) is 17.3 Å². The van der Waals surface area contributed by atoms with E-state index in [1.165, 1.54) is 0 Å². The Bertz CT molecular complexity index is 1280. The molecule has 2 atom stereocenters. The number of nitrogens with one attached hydrogen (secondary N) is 2. The second-order valence-corrected chi connectivity index (χ2v) is 8.47. The van der Waals surface area contributed by atoms with E-state index >= 15 is 0 Å². The van der Waals surface area contributed by atoms with Crippen molar-refractivity contribution in [2.24, 2.45) is 0 Å². The van der Waals surface area contributed by atoms with E-state index in [0.29, 0.717) is 41.3 Å². The van der Waals surface area contributed by atoms with Crippen LogP contribution >= 0.6 is 0 Å². The van der Waals surface area contributed by atoms with Crippen molar-refractivity contribution in [3.05, 3.63) is 101 Å². The van der Waals surface area contributed by atoms with Crippen LogP contribution < -0.4 is 15.4 Å². The number of amides is 1. The highest BCUT2D eigenvalue weighted by molar-refractivity contribution is 6.09. The lowest BCUT2D eigenvalue weighted by Crippen LogP contribution is -2.37. The van der Waals surface area contributed by atoms with Crippen molar-refractivity contribution in [3.63, 3.8) is 0 Å². The molecule has 5 rings (SSSR count). The molecule has 2 N–H and O–H groups in total. The molecule has 0 radical (unpaired) electrons. The molecule has 7 heteroatoms. The highest BCUT2D eigenvalue weighted by Crippen LogP contribution is 2.45. The Kier molecular flexibility index (Phi) is 5.76. The molecule has 0 saturated heterocycles. The third kappa shape index (κ3) is 4.01. The van der Waals surface area contributed by atoms with Crippen molar-refractivity contribution in [1.82, 2.24) is 10.3 Å². The maximum atomic E-state index is 13.5. The molecule has 1 aromatic carbocycles. The van der Waals surface area contributed by atoms with E-state index in [0.717, 1.165) is 17.0 Å². The van der Waals surface area contributed by atoms with Crippen molar-refractivity contribution in [2.75, 3.05) is 12.4 Å². The number of dihydropyridines is 1. The zero-order valence-corrected chi connectivity index (χ0v) is 19.0. The number of allylic oxidation sites excluding steroid dienone is 3. The molecule has 0 spiro atoms. The number of Topliss-reactive ketones (excluding diaryl/α,β-unsaturated/α-hetero) is 1. The van der Waals surface area contributed by atoms with Gasteiger partial charge in [-0.05, 0) is 55.3 Å². The number of pyridine rings is 1. The van der Waals surface area contributed by atoms with Crippen LogP contribution in [0.1, 0.15) is 42.9 Å². The second-order valence-electron chi connectivity index (χ2n) is 8.47. The molecule has 34 heavy (non-hydrogen) atoms. The number of hydrogen-bond donors (Lipinski definition) is 2. The van der Waals surface area contributed by atoms with Crippen LogP contribution in [0.4, 0.5) is 5.82 Å². The van der Waals surface area contributed by atoms with E-state index in [9.17, 15) is 9.59 Å². The minimum absolute atomic E-state index is 0.00611. The lowest BCUT2D eigenvalue weighted by atomic mass is 9.72. The Morgan fingerprint density at radius 1 is 1.12 bits per heavy atom. The van der Waals surface area contributed by atoms with Gasteiger partial charge in [-0.25, -0.2) is 4.98 Å². The molecule has 3 aromatic rings. The predicted molar refractivity (Wildman–Crippen MR) is 127 cm³/mol. The van der Waals surface area contributed by atoms with Crippen LogP contribution in [-0.2, 0) is 9.59 Å². The van der Waals surface area contributed by atoms with Crippen LogP contribution in [0.15, 0.2) is 94.0 Å². The molecule has 0 saturated carbocycles. The SMILES string of the molecule is COc1ccc(C2C(C(=O)Nc3ccccn3)=C(C)NC3=C2C(=O)CC(c2ccco2)C3)cc1. The van der Waals surface area contributed by atoms with Gasteiger partial charge in [0, 0.05) is 47.0 Å². The average Bonchev–Trinajstić information content (AvgIpc) is 3.39. The zero-order valence-electron chi connectivity index (χ0n) is 19.0. The second kappa shape index (κ2) is 9.02. The van der Waals surface area contributed by atoms with Gasteiger partial charge in [-0.15, -0.1) is 0 Å². The Hall–Kier alpha value is -4.13. The quantitative estimate of drug-likeness (QED) is 0.580. The molecule has 3 heterocycles. The van der Waals surface area contributed by atoms with Gasteiger partial charge in [-0.1, -0.05) is 18.2 Å². The number of nitrogens with zero attached hydrogens (tertiary/aromatic N) is 1. The third-order valence-corrected chi connectivity index (χ3v) is 6.37. The van der Waals surface area contributed by atoms with Crippen molar-refractivity contribution in [3.8, 4) is 5.75 Å². The predicted octanol–water partition coefficient (Wildman–Crippen LogP) is 4.68. The van der Waals surface area contributed by atoms with Gasteiger partial charge in [0.25, 0.3) is 5.91 Å². The molecular formula is C27H25N3O4. The smallest absolute Gasteiger partial charge is 0.255 e. The van der Waals surface area contributed by atoms with E-state index in [2.05, 4.69) is 15.6 Å². The van der Waals surface area contributed by atoms with Gasteiger partial charge >= 0.3 is 0 Å². The van der Waals surface area contributed by atoms with Crippen LogP contribution in [0.5, 0.6) is 5.75 Å². The average molecular weight is 456 g/mol. The van der Waals surface area contributed by atoms with Crippen LogP contribution in [0.3, 0.4) is 0 Å². The number of benzene rings is 1. The highest BCUT2D eigenvalue weighted by atomic mass is 16.5. The Balaban J connectivity index is 1.57. The molecule has 2 aliphatic rings. The van der Waals surface area contributed by atoms with Crippen LogP contribution in [0.2, 0.25) is 0 Å². The lowest BCUT2D eigenvalue weighted by Gasteiger charge is -2.36. The largest absolute Gasteiger partial charge is 0.497 e. The molecule has 1 aliphatic heterocycles. The summed E-state index contributed by atoms with van der Waals surface area (Å²) in [5.74, 6) is 1.12. The summed E-state index contributed by atoms with van der Waals surface area (Å²) in [6.45, 7) is 1.87. The van der Waals surface area contributed by atoms with Gasteiger partial charge in [-0.2, -0.15) is 0 Å². The topological polar surface area (TPSA) is 93.5 Å². The summed E-state index contributed by atoms with van der Waals surface area (Å²) in [5.41, 5.74) is 3.53. The molecule has 7 nitrogen and oxygen atoms in total. The molecule has 1 aliphatic carbocycles. The minimum Gasteiger partial charge on any atom is -0.497 e. The van der Waals surface area contributed by atoms with E-state index in [1.54, 1.807) is 31.7 Å². The van der Waals surface area contributed by atoms with Crippen LogP contribution in [0.25, 0.3) is 0 Å². The number of carbonyl (C=O) groups is 2. The van der Waals surface area contributed by atoms with Gasteiger partial charge in [-0.3, -0.25) is 9.59 Å². The van der Waals surface area contributed by atoms with Gasteiger partial charge < -0.3 is 19.8 Å². The fourth-order valence-electron chi connectivity index (χ4n) is 4.81. The maximum absolute atomic E-state index is 13.5. The van der Waals surface area contributed by atoms with Crippen molar-refractivity contribution >= 4 is 17.5 Å². The molecule has 2 aromatic heterocycles. The van der Waals surface area contributed by atoms with Crippen molar-refractivity contribution in [1.29, 1.82) is 0 Å². The van der Waals surface area contributed by atoms with E-state index < -0.39 is 5.92 Å². The lowest BCUT2D eigenvalue weighted by molar-refractivity contribution is -0.116. The third-order valence-electron chi connectivity index (χ3n) is 6.37. The number of ether oxygens (including phenoxy) is 1. The van der Waals surface area contributed by atoms with E-state index in [-0.39, 0.29) is 17.6 Å². The van der Waals surface area contributed by atoms with Gasteiger partial charge in [0.2, 0.25) is 0 Å². The molecule has 2 unspecified atom stereocenters.